The molecule has 0 heterocycles. The normalized spacial score (nSPS) is 12.1. The highest BCUT2D eigenvalue weighted by Gasteiger charge is 2.09. The number of carbonyl (C=O) groups excluding carboxylic acids is 1. The van der Waals surface area contributed by atoms with Gasteiger partial charge < -0.3 is 10.4 Å². The lowest BCUT2D eigenvalue weighted by molar-refractivity contribution is -0.119. The first-order valence-corrected chi connectivity index (χ1v) is 7.17. The van der Waals surface area contributed by atoms with E-state index in [1.54, 1.807) is 11.8 Å². The van der Waals surface area contributed by atoms with Gasteiger partial charge >= 0.3 is 0 Å². The molecule has 0 aromatic heterocycles. The molecule has 0 aliphatic rings. The summed E-state index contributed by atoms with van der Waals surface area (Å²) in [7, 11) is 0. The lowest BCUT2D eigenvalue weighted by Gasteiger charge is -2.15. The molecular formula is C12H17NO2S2. The molecule has 0 spiro atoms. The minimum absolute atomic E-state index is 0.0404. The number of carbonyl (C=O) groups is 1. The second kappa shape index (κ2) is 8.44. The Kier molecular flexibility index (Phi) is 7.16. The molecule has 0 aliphatic heterocycles. The summed E-state index contributed by atoms with van der Waals surface area (Å²) in [6.45, 7) is -0.0404. The molecule has 3 nitrogen and oxygen atoms in total. The number of amides is 1. The molecule has 1 aromatic rings. The van der Waals surface area contributed by atoms with E-state index in [1.165, 1.54) is 5.56 Å². The maximum atomic E-state index is 11.1. The zero-order valence-corrected chi connectivity index (χ0v) is 11.2. The maximum Gasteiger partial charge on any atom is 0.230 e. The van der Waals surface area contributed by atoms with Crippen LogP contribution < -0.4 is 5.32 Å². The molecule has 0 radical (unpaired) electrons. The van der Waals surface area contributed by atoms with Crippen molar-refractivity contribution in [3.63, 3.8) is 0 Å². The Morgan fingerprint density at radius 1 is 1.41 bits per heavy atom. The van der Waals surface area contributed by atoms with Crippen LogP contribution in [0, 0.1) is 0 Å². The molecule has 2 N–H and O–H groups in total. The van der Waals surface area contributed by atoms with Gasteiger partial charge in [0, 0.05) is 11.5 Å². The number of hydrogen-bond donors (Lipinski definition) is 3. The molecular weight excluding hydrogens is 254 g/mol. The average molecular weight is 271 g/mol. The molecule has 5 heteroatoms. The molecule has 94 valence electrons. The van der Waals surface area contributed by atoms with E-state index in [-0.39, 0.29) is 24.3 Å². The second-order valence-electron chi connectivity index (χ2n) is 3.61. The van der Waals surface area contributed by atoms with Gasteiger partial charge in [-0.2, -0.15) is 24.4 Å². The number of aliphatic hydroxyl groups excluding tert-OH is 1. The summed E-state index contributed by atoms with van der Waals surface area (Å²) in [5, 5.41) is 11.8. The molecule has 1 amide bonds. The Balaban J connectivity index is 2.26. The molecule has 0 aliphatic carbocycles. The monoisotopic (exact) mass is 271 g/mol. The third kappa shape index (κ3) is 6.00. The van der Waals surface area contributed by atoms with E-state index in [9.17, 15) is 4.79 Å². The average Bonchev–Trinajstić information content (AvgIpc) is 2.38. The van der Waals surface area contributed by atoms with Crippen LogP contribution in [-0.4, -0.2) is 35.2 Å². The topological polar surface area (TPSA) is 49.3 Å². The van der Waals surface area contributed by atoms with E-state index in [0.29, 0.717) is 5.75 Å². The fraction of sp³-hybridized carbons (Fsp3) is 0.417. The molecule has 1 aromatic carbocycles. The summed E-state index contributed by atoms with van der Waals surface area (Å²) >= 11 is 5.57. The van der Waals surface area contributed by atoms with E-state index < -0.39 is 0 Å². The Morgan fingerprint density at radius 3 is 2.71 bits per heavy atom. The fourth-order valence-corrected chi connectivity index (χ4v) is 2.42. The number of thioether (sulfide) groups is 1. The Labute approximate surface area is 111 Å². The van der Waals surface area contributed by atoms with Crippen molar-refractivity contribution in [1.29, 1.82) is 0 Å². The van der Waals surface area contributed by atoms with E-state index >= 15 is 0 Å². The summed E-state index contributed by atoms with van der Waals surface area (Å²) in [4.78, 5) is 11.1. The standard InChI is InChI=1S/C12H17NO2S2/c14-6-11(13-12(15)7-16)9-17-8-10-4-2-1-3-5-10/h1-5,11,14,16H,6-9H2,(H,13,15). The minimum Gasteiger partial charge on any atom is -0.394 e. The van der Waals surface area contributed by atoms with Crippen molar-refractivity contribution >= 4 is 30.3 Å². The number of nitrogens with one attached hydrogen (secondary N) is 1. The van der Waals surface area contributed by atoms with Crippen LogP contribution >= 0.6 is 24.4 Å². The van der Waals surface area contributed by atoms with Crippen LogP contribution in [0.1, 0.15) is 5.56 Å². The third-order valence-corrected chi connectivity index (χ3v) is 3.62. The molecule has 0 saturated heterocycles. The molecule has 0 fully saturated rings. The van der Waals surface area contributed by atoms with Gasteiger partial charge in [0.05, 0.1) is 18.4 Å². The summed E-state index contributed by atoms with van der Waals surface area (Å²) in [5.41, 5.74) is 1.25. The SMILES string of the molecule is O=C(CS)NC(CO)CSCc1ccccc1. The zero-order valence-electron chi connectivity index (χ0n) is 9.50. The van der Waals surface area contributed by atoms with Crippen LogP contribution in [0.4, 0.5) is 0 Å². The number of thiol groups is 1. The lowest BCUT2D eigenvalue weighted by atomic mass is 10.2. The van der Waals surface area contributed by atoms with Gasteiger partial charge in [-0.05, 0) is 5.56 Å². The first-order chi connectivity index (χ1) is 8.26. The van der Waals surface area contributed by atoms with Crippen LogP contribution in [0.15, 0.2) is 30.3 Å². The highest BCUT2D eigenvalue weighted by molar-refractivity contribution is 7.98. The maximum absolute atomic E-state index is 11.1. The van der Waals surface area contributed by atoms with Gasteiger partial charge in [-0.25, -0.2) is 0 Å². The van der Waals surface area contributed by atoms with Gasteiger partial charge in [0.15, 0.2) is 0 Å². The lowest BCUT2D eigenvalue weighted by Crippen LogP contribution is -2.40. The van der Waals surface area contributed by atoms with Crippen molar-refractivity contribution in [1.82, 2.24) is 5.32 Å². The van der Waals surface area contributed by atoms with Crippen LogP contribution in [0.5, 0.6) is 0 Å². The van der Waals surface area contributed by atoms with Gasteiger partial charge in [-0.15, -0.1) is 0 Å². The summed E-state index contributed by atoms with van der Waals surface area (Å²) < 4.78 is 0. The predicted molar refractivity (Wildman–Crippen MR) is 75.5 cm³/mol. The van der Waals surface area contributed by atoms with E-state index in [1.807, 2.05) is 18.2 Å². The van der Waals surface area contributed by atoms with Gasteiger partial charge in [0.25, 0.3) is 0 Å². The molecule has 0 bridgehead atoms. The van der Waals surface area contributed by atoms with E-state index in [2.05, 4.69) is 30.1 Å². The van der Waals surface area contributed by atoms with Crippen LogP contribution in [0.2, 0.25) is 0 Å². The summed E-state index contributed by atoms with van der Waals surface area (Å²) in [6, 6.07) is 9.92. The van der Waals surface area contributed by atoms with E-state index in [4.69, 9.17) is 5.11 Å². The first kappa shape index (κ1) is 14.4. The Hall–Kier alpha value is -0.650. The van der Waals surface area contributed by atoms with Gasteiger partial charge in [-0.1, -0.05) is 30.3 Å². The highest BCUT2D eigenvalue weighted by atomic mass is 32.2. The highest BCUT2D eigenvalue weighted by Crippen LogP contribution is 2.12. The second-order valence-corrected chi connectivity index (χ2v) is 4.95. The van der Waals surface area contributed by atoms with Crippen LogP contribution in [-0.2, 0) is 10.5 Å². The third-order valence-electron chi connectivity index (χ3n) is 2.16. The minimum atomic E-state index is -0.191. The number of hydrogen-bond acceptors (Lipinski definition) is 4. The van der Waals surface area contributed by atoms with E-state index in [0.717, 1.165) is 5.75 Å². The summed E-state index contributed by atoms with van der Waals surface area (Å²) in [5.74, 6) is 1.59. The van der Waals surface area contributed by atoms with Crippen molar-refractivity contribution in [3.8, 4) is 0 Å². The summed E-state index contributed by atoms with van der Waals surface area (Å²) in [6.07, 6.45) is 0. The quantitative estimate of drug-likeness (QED) is 0.656. The molecule has 1 rings (SSSR count). The number of aliphatic hydroxyl groups is 1. The molecule has 1 unspecified atom stereocenters. The Bertz CT molecular complexity index is 333. The number of benzene rings is 1. The van der Waals surface area contributed by atoms with Crippen molar-refractivity contribution in [2.24, 2.45) is 0 Å². The van der Waals surface area contributed by atoms with Crippen molar-refractivity contribution in [2.75, 3.05) is 18.1 Å². The first-order valence-electron chi connectivity index (χ1n) is 5.39. The zero-order chi connectivity index (χ0) is 12.5. The molecule has 0 saturated carbocycles. The van der Waals surface area contributed by atoms with Crippen LogP contribution in [0.25, 0.3) is 0 Å². The fourth-order valence-electron chi connectivity index (χ4n) is 1.31. The Morgan fingerprint density at radius 2 is 2.12 bits per heavy atom. The molecule has 1 atom stereocenters. The van der Waals surface area contributed by atoms with Gasteiger partial charge in [0.2, 0.25) is 5.91 Å². The van der Waals surface area contributed by atoms with Crippen molar-refractivity contribution in [2.45, 2.75) is 11.8 Å². The largest absolute Gasteiger partial charge is 0.394 e. The van der Waals surface area contributed by atoms with Crippen molar-refractivity contribution in [3.05, 3.63) is 35.9 Å². The predicted octanol–water partition coefficient (Wildman–Crippen LogP) is 1.33. The number of rotatable bonds is 7. The smallest absolute Gasteiger partial charge is 0.230 e. The van der Waals surface area contributed by atoms with Crippen molar-refractivity contribution < 1.29 is 9.90 Å². The van der Waals surface area contributed by atoms with Crippen LogP contribution in [0.3, 0.4) is 0 Å². The van der Waals surface area contributed by atoms with Gasteiger partial charge in [-0.3, -0.25) is 4.79 Å². The van der Waals surface area contributed by atoms with Gasteiger partial charge in [0.1, 0.15) is 0 Å². The molecule has 17 heavy (non-hydrogen) atoms.